The van der Waals surface area contributed by atoms with Gasteiger partial charge >= 0.3 is 0 Å². The highest BCUT2D eigenvalue weighted by molar-refractivity contribution is 5.56. The Labute approximate surface area is 99.7 Å². The number of methoxy groups -OCH3 is 1. The van der Waals surface area contributed by atoms with Gasteiger partial charge < -0.3 is 15.8 Å². The third-order valence-electron chi connectivity index (χ3n) is 2.26. The molecular weight excluding hydrogens is 216 g/mol. The molecule has 5 heteroatoms. The predicted octanol–water partition coefficient (Wildman–Crippen LogP) is 1.69. The molecule has 0 bridgehead atoms. The van der Waals surface area contributed by atoms with Crippen molar-refractivity contribution >= 4 is 11.5 Å². The summed E-state index contributed by atoms with van der Waals surface area (Å²) >= 11 is 0. The summed E-state index contributed by atoms with van der Waals surface area (Å²) in [4.78, 5) is 8.23. The van der Waals surface area contributed by atoms with Gasteiger partial charge in [-0.2, -0.15) is 4.98 Å². The number of nitrogens with zero attached hydrogens (tertiary/aromatic N) is 2. The molecule has 0 radical (unpaired) electrons. The van der Waals surface area contributed by atoms with Crippen LogP contribution in [-0.4, -0.2) is 17.1 Å². The van der Waals surface area contributed by atoms with Crippen molar-refractivity contribution < 1.29 is 4.74 Å². The average molecular weight is 230 g/mol. The number of anilines is 2. The topological polar surface area (TPSA) is 73.1 Å². The van der Waals surface area contributed by atoms with Crippen molar-refractivity contribution in [2.45, 2.75) is 6.54 Å². The van der Waals surface area contributed by atoms with Crippen LogP contribution in [0, 0.1) is 0 Å². The maximum absolute atomic E-state index is 5.58. The molecule has 0 atom stereocenters. The first kappa shape index (κ1) is 11.3. The Morgan fingerprint density at radius 3 is 3.00 bits per heavy atom. The van der Waals surface area contributed by atoms with Gasteiger partial charge in [0.15, 0.2) is 5.82 Å². The first-order chi connectivity index (χ1) is 8.31. The molecule has 1 aromatic carbocycles. The van der Waals surface area contributed by atoms with E-state index in [4.69, 9.17) is 10.5 Å². The van der Waals surface area contributed by atoms with Crippen LogP contribution in [0.4, 0.5) is 11.5 Å². The molecule has 3 N–H and O–H groups in total. The molecule has 5 nitrogen and oxygen atoms in total. The Bertz CT molecular complexity index is 456. The molecular formula is C12H14N4O. The number of hydrogen-bond donors (Lipinski definition) is 2. The van der Waals surface area contributed by atoms with Crippen molar-refractivity contribution in [1.82, 2.24) is 9.97 Å². The van der Waals surface area contributed by atoms with Gasteiger partial charge in [-0.05, 0) is 17.7 Å². The van der Waals surface area contributed by atoms with Gasteiger partial charge in [-0.15, -0.1) is 0 Å². The van der Waals surface area contributed by atoms with Crippen LogP contribution in [0.15, 0.2) is 36.7 Å². The average Bonchev–Trinajstić information content (AvgIpc) is 2.39. The molecule has 0 aliphatic rings. The van der Waals surface area contributed by atoms with Crippen LogP contribution in [-0.2, 0) is 6.54 Å². The van der Waals surface area contributed by atoms with Gasteiger partial charge in [0.25, 0.3) is 0 Å². The van der Waals surface area contributed by atoms with Crippen LogP contribution in [0.1, 0.15) is 5.56 Å². The number of nitrogens with two attached hydrogens (primary N) is 1. The maximum atomic E-state index is 5.58. The van der Waals surface area contributed by atoms with E-state index in [-0.39, 0.29) is 0 Å². The monoisotopic (exact) mass is 230 g/mol. The van der Waals surface area contributed by atoms with E-state index in [0.717, 1.165) is 11.3 Å². The van der Waals surface area contributed by atoms with Crippen LogP contribution in [0.3, 0.4) is 0 Å². The summed E-state index contributed by atoms with van der Waals surface area (Å²) in [5.74, 6) is 1.11. The Kier molecular flexibility index (Phi) is 3.52. The molecule has 17 heavy (non-hydrogen) atoms. The fourth-order valence-electron chi connectivity index (χ4n) is 1.43. The molecule has 0 fully saturated rings. The van der Waals surface area contributed by atoms with E-state index in [0.29, 0.717) is 18.2 Å². The van der Waals surface area contributed by atoms with E-state index in [1.165, 1.54) is 0 Å². The molecule has 88 valence electrons. The largest absolute Gasteiger partial charge is 0.480 e. The molecule has 0 saturated heterocycles. The van der Waals surface area contributed by atoms with Gasteiger partial charge in [-0.25, -0.2) is 0 Å². The van der Waals surface area contributed by atoms with Gasteiger partial charge in [0.05, 0.1) is 19.5 Å². The SMILES string of the molecule is COc1cncc(Nc2cccc(CN)c2)n1. The fraction of sp³-hybridized carbons (Fsp3) is 0.167. The molecule has 1 heterocycles. The minimum Gasteiger partial charge on any atom is -0.480 e. The lowest BCUT2D eigenvalue weighted by Crippen LogP contribution is -1.99. The van der Waals surface area contributed by atoms with Crippen molar-refractivity contribution in [2.24, 2.45) is 5.73 Å². The molecule has 0 amide bonds. The Balaban J connectivity index is 2.18. The second kappa shape index (κ2) is 5.27. The van der Waals surface area contributed by atoms with Gasteiger partial charge in [0.1, 0.15) is 0 Å². The summed E-state index contributed by atoms with van der Waals surface area (Å²) < 4.78 is 5.00. The minimum atomic E-state index is 0.477. The first-order valence-electron chi connectivity index (χ1n) is 5.24. The lowest BCUT2D eigenvalue weighted by molar-refractivity contribution is 0.396. The summed E-state index contributed by atoms with van der Waals surface area (Å²) in [7, 11) is 1.56. The zero-order chi connectivity index (χ0) is 12.1. The van der Waals surface area contributed by atoms with Crippen molar-refractivity contribution in [1.29, 1.82) is 0 Å². The number of benzene rings is 1. The molecule has 2 rings (SSSR count). The highest BCUT2D eigenvalue weighted by Crippen LogP contribution is 2.16. The van der Waals surface area contributed by atoms with Gasteiger partial charge in [0, 0.05) is 12.2 Å². The molecule has 1 aromatic heterocycles. The van der Waals surface area contributed by atoms with E-state index in [1.807, 2.05) is 24.3 Å². The summed E-state index contributed by atoms with van der Waals surface area (Å²) in [5, 5.41) is 3.14. The maximum Gasteiger partial charge on any atom is 0.233 e. The number of rotatable bonds is 4. The van der Waals surface area contributed by atoms with E-state index in [9.17, 15) is 0 Å². The summed E-state index contributed by atoms with van der Waals surface area (Å²) in [6.45, 7) is 0.513. The molecule has 0 saturated carbocycles. The lowest BCUT2D eigenvalue weighted by Gasteiger charge is -2.07. The fourth-order valence-corrected chi connectivity index (χ4v) is 1.43. The predicted molar refractivity (Wildman–Crippen MR) is 66.2 cm³/mol. The van der Waals surface area contributed by atoms with Crippen molar-refractivity contribution in [3.05, 3.63) is 42.2 Å². The third kappa shape index (κ3) is 2.92. The van der Waals surface area contributed by atoms with Gasteiger partial charge in [-0.3, -0.25) is 4.98 Å². The highest BCUT2D eigenvalue weighted by atomic mass is 16.5. The number of hydrogen-bond acceptors (Lipinski definition) is 5. The van der Waals surface area contributed by atoms with Crippen molar-refractivity contribution in [2.75, 3.05) is 12.4 Å². The lowest BCUT2D eigenvalue weighted by atomic mass is 10.2. The summed E-state index contributed by atoms with van der Waals surface area (Å²) in [6.07, 6.45) is 3.19. The van der Waals surface area contributed by atoms with E-state index >= 15 is 0 Å². The normalized spacial score (nSPS) is 10.0. The van der Waals surface area contributed by atoms with E-state index < -0.39 is 0 Å². The third-order valence-corrected chi connectivity index (χ3v) is 2.26. The molecule has 0 aliphatic heterocycles. The zero-order valence-electron chi connectivity index (χ0n) is 9.55. The summed E-state index contributed by atoms with van der Waals surface area (Å²) in [6, 6.07) is 7.84. The number of aromatic nitrogens is 2. The second-order valence-corrected chi connectivity index (χ2v) is 3.48. The smallest absolute Gasteiger partial charge is 0.233 e. The van der Waals surface area contributed by atoms with Gasteiger partial charge in [-0.1, -0.05) is 12.1 Å². The Hall–Kier alpha value is -2.14. The van der Waals surface area contributed by atoms with Crippen LogP contribution >= 0.6 is 0 Å². The Morgan fingerprint density at radius 2 is 2.24 bits per heavy atom. The highest BCUT2D eigenvalue weighted by Gasteiger charge is 1.99. The molecule has 0 unspecified atom stereocenters. The summed E-state index contributed by atoms with van der Waals surface area (Å²) in [5.41, 5.74) is 7.57. The molecule has 2 aromatic rings. The van der Waals surface area contributed by atoms with Crippen LogP contribution < -0.4 is 15.8 Å². The first-order valence-corrected chi connectivity index (χ1v) is 5.24. The van der Waals surface area contributed by atoms with E-state index in [2.05, 4.69) is 15.3 Å². The van der Waals surface area contributed by atoms with E-state index in [1.54, 1.807) is 19.5 Å². The van der Waals surface area contributed by atoms with Crippen molar-refractivity contribution in [3.63, 3.8) is 0 Å². The Morgan fingerprint density at radius 1 is 1.35 bits per heavy atom. The molecule has 0 spiro atoms. The number of nitrogens with one attached hydrogen (secondary N) is 1. The van der Waals surface area contributed by atoms with Gasteiger partial charge in [0.2, 0.25) is 5.88 Å². The zero-order valence-corrected chi connectivity index (χ0v) is 9.55. The number of ether oxygens (including phenoxy) is 1. The molecule has 0 aliphatic carbocycles. The quantitative estimate of drug-likeness (QED) is 0.836. The standard InChI is InChI=1S/C12H14N4O/c1-17-12-8-14-7-11(16-12)15-10-4-2-3-9(5-10)6-13/h2-5,7-8H,6,13H2,1H3,(H,15,16). The second-order valence-electron chi connectivity index (χ2n) is 3.48. The van der Waals surface area contributed by atoms with Crippen LogP contribution in [0.5, 0.6) is 5.88 Å². The van der Waals surface area contributed by atoms with Crippen LogP contribution in [0.2, 0.25) is 0 Å². The van der Waals surface area contributed by atoms with Crippen molar-refractivity contribution in [3.8, 4) is 5.88 Å². The minimum absolute atomic E-state index is 0.477. The van der Waals surface area contributed by atoms with Crippen LogP contribution in [0.25, 0.3) is 0 Å².